The lowest BCUT2D eigenvalue weighted by Crippen LogP contribution is -2.35. The van der Waals surface area contributed by atoms with Crippen molar-refractivity contribution in [2.24, 2.45) is 11.8 Å². The molecule has 2 unspecified atom stereocenters. The summed E-state index contributed by atoms with van der Waals surface area (Å²) in [6.45, 7) is 6.38. The Balaban J connectivity index is 2.46. The van der Waals surface area contributed by atoms with Crippen LogP contribution in [0.3, 0.4) is 0 Å². The first-order chi connectivity index (χ1) is 7.67. The number of carbonyl (C=O) groups is 1. The molecule has 0 aliphatic carbocycles. The highest BCUT2D eigenvalue weighted by Gasteiger charge is 2.22. The first-order valence-corrected chi connectivity index (χ1v) is 7.63. The molecule has 1 rings (SSSR count). The van der Waals surface area contributed by atoms with E-state index in [1.54, 1.807) is 0 Å². The minimum Gasteiger partial charge on any atom is -0.342 e. The molecule has 1 saturated heterocycles. The van der Waals surface area contributed by atoms with Crippen molar-refractivity contribution in [3.63, 3.8) is 0 Å². The van der Waals surface area contributed by atoms with Crippen LogP contribution in [0.1, 0.15) is 46.0 Å². The summed E-state index contributed by atoms with van der Waals surface area (Å²) in [7, 11) is 0. The lowest BCUT2D eigenvalue weighted by molar-refractivity contribution is -0.131. The van der Waals surface area contributed by atoms with Crippen molar-refractivity contribution in [3.8, 4) is 0 Å². The van der Waals surface area contributed by atoms with Gasteiger partial charge in [0.25, 0.3) is 0 Å². The molecule has 1 heterocycles. The Morgan fingerprint density at radius 1 is 1.50 bits per heavy atom. The van der Waals surface area contributed by atoms with E-state index in [2.05, 4.69) is 34.7 Å². The molecular formula is C13H24BrNO. The van der Waals surface area contributed by atoms with Crippen LogP contribution in [0.5, 0.6) is 0 Å². The zero-order chi connectivity index (χ0) is 12.0. The maximum atomic E-state index is 11.9. The standard InChI is InChI=1S/C13H24BrNO/c1-3-4-12(9-14)10-15-8-7-11(2)5-6-13(15)16/h11-12H,3-10H2,1-2H3. The number of hydrogen-bond donors (Lipinski definition) is 0. The Kier molecular flexibility index (Phi) is 6.40. The van der Waals surface area contributed by atoms with Gasteiger partial charge in [-0.2, -0.15) is 0 Å². The van der Waals surface area contributed by atoms with Crippen molar-refractivity contribution in [1.29, 1.82) is 0 Å². The summed E-state index contributed by atoms with van der Waals surface area (Å²) in [5, 5.41) is 1.01. The average molecular weight is 290 g/mol. The summed E-state index contributed by atoms with van der Waals surface area (Å²) in [6, 6.07) is 0. The van der Waals surface area contributed by atoms with E-state index in [1.807, 2.05) is 0 Å². The van der Waals surface area contributed by atoms with E-state index in [0.717, 1.165) is 31.3 Å². The van der Waals surface area contributed by atoms with Crippen molar-refractivity contribution < 1.29 is 4.79 Å². The molecule has 1 fully saturated rings. The molecule has 1 amide bonds. The second-order valence-electron chi connectivity index (χ2n) is 5.08. The summed E-state index contributed by atoms with van der Waals surface area (Å²) in [5.74, 6) is 1.70. The van der Waals surface area contributed by atoms with Crippen molar-refractivity contribution in [1.82, 2.24) is 4.90 Å². The number of alkyl halides is 1. The van der Waals surface area contributed by atoms with E-state index in [9.17, 15) is 4.79 Å². The number of nitrogens with zero attached hydrogens (tertiary/aromatic N) is 1. The van der Waals surface area contributed by atoms with Gasteiger partial charge in [0.05, 0.1) is 0 Å². The third kappa shape index (κ3) is 4.44. The topological polar surface area (TPSA) is 20.3 Å². The van der Waals surface area contributed by atoms with Gasteiger partial charge in [0.2, 0.25) is 5.91 Å². The quantitative estimate of drug-likeness (QED) is 0.710. The van der Waals surface area contributed by atoms with Gasteiger partial charge in [0.1, 0.15) is 0 Å². The van der Waals surface area contributed by atoms with Crippen LogP contribution in [0.15, 0.2) is 0 Å². The molecule has 94 valence electrons. The van der Waals surface area contributed by atoms with Gasteiger partial charge in [-0.15, -0.1) is 0 Å². The van der Waals surface area contributed by atoms with Gasteiger partial charge < -0.3 is 4.90 Å². The highest BCUT2D eigenvalue weighted by Crippen LogP contribution is 2.20. The minimum atomic E-state index is 0.367. The monoisotopic (exact) mass is 289 g/mol. The van der Waals surface area contributed by atoms with Crippen LogP contribution in [0, 0.1) is 11.8 Å². The molecule has 0 aromatic carbocycles. The zero-order valence-corrected chi connectivity index (χ0v) is 12.1. The predicted molar refractivity (Wildman–Crippen MR) is 71.8 cm³/mol. The zero-order valence-electron chi connectivity index (χ0n) is 10.5. The number of hydrogen-bond acceptors (Lipinski definition) is 1. The Morgan fingerprint density at radius 3 is 2.88 bits per heavy atom. The molecular weight excluding hydrogens is 266 g/mol. The third-order valence-corrected chi connectivity index (χ3v) is 4.40. The molecule has 1 aliphatic heterocycles. The predicted octanol–water partition coefficient (Wildman–Crippen LogP) is 3.45. The highest BCUT2D eigenvalue weighted by atomic mass is 79.9. The molecule has 3 heteroatoms. The van der Waals surface area contributed by atoms with Crippen molar-refractivity contribution in [3.05, 3.63) is 0 Å². The van der Waals surface area contributed by atoms with Gasteiger partial charge >= 0.3 is 0 Å². The van der Waals surface area contributed by atoms with Crippen LogP contribution in [0.25, 0.3) is 0 Å². The van der Waals surface area contributed by atoms with E-state index < -0.39 is 0 Å². The maximum absolute atomic E-state index is 11.9. The van der Waals surface area contributed by atoms with E-state index in [1.165, 1.54) is 19.3 Å². The van der Waals surface area contributed by atoms with Crippen LogP contribution < -0.4 is 0 Å². The normalized spacial score (nSPS) is 24.3. The molecule has 2 nitrogen and oxygen atoms in total. The molecule has 0 N–H and O–H groups in total. The lowest BCUT2D eigenvalue weighted by atomic mass is 10.0. The van der Waals surface area contributed by atoms with Crippen molar-refractivity contribution in [2.45, 2.75) is 46.0 Å². The van der Waals surface area contributed by atoms with Gasteiger partial charge in [-0.05, 0) is 31.1 Å². The van der Waals surface area contributed by atoms with Gasteiger partial charge in [-0.3, -0.25) is 4.79 Å². The maximum Gasteiger partial charge on any atom is 0.222 e. The van der Waals surface area contributed by atoms with Gasteiger partial charge in [0.15, 0.2) is 0 Å². The van der Waals surface area contributed by atoms with Crippen LogP contribution in [-0.2, 0) is 4.79 Å². The summed E-state index contributed by atoms with van der Waals surface area (Å²) < 4.78 is 0. The van der Waals surface area contributed by atoms with Gasteiger partial charge in [-0.25, -0.2) is 0 Å². The fraction of sp³-hybridized carbons (Fsp3) is 0.923. The second kappa shape index (κ2) is 7.31. The molecule has 1 aliphatic rings. The molecule has 0 spiro atoms. The third-order valence-electron chi connectivity index (χ3n) is 3.49. The van der Waals surface area contributed by atoms with Crippen LogP contribution in [0.2, 0.25) is 0 Å². The lowest BCUT2D eigenvalue weighted by Gasteiger charge is -2.25. The fourth-order valence-electron chi connectivity index (χ4n) is 2.30. The van der Waals surface area contributed by atoms with Crippen molar-refractivity contribution in [2.75, 3.05) is 18.4 Å². The average Bonchev–Trinajstić information content (AvgIpc) is 2.43. The van der Waals surface area contributed by atoms with Gasteiger partial charge in [-0.1, -0.05) is 36.2 Å². The highest BCUT2D eigenvalue weighted by molar-refractivity contribution is 9.09. The Bertz CT molecular complexity index is 220. The number of rotatable bonds is 5. The summed E-state index contributed by atoms with van der Waals surface area (Å²) in [4.78, 5) is 14.0. The van der Waals surface area contributed by atoms with E-state index in [0.29, 0.717) is 17.7 Å². The summed E-state index contributed by atoms with van der Waals surface area (Å²) in [5.41, 5.74) is 0. The first kappa shape index (κ1) is 14.0. The van der Waals surface area contributed by atoms with Crippen LogP contribution >= 0.6 is 15.9 Å². The van der Waals surface area contributed by atoms with Gasteiger partial charge in [0, 0.05) is 24.8 Å². The summed E-state index contributed by atoms with van der Waals surface area (Å²) >= 11 is 3.56. The molecule has 0 saturated carbocycles. The smallest absolute Gasteiger partial charge is 0.222 e. The van der Waals surface area contributed by atoms with Crippen LogP contribution in [-0.4, -0.2) is 29.2 Å². The van der Waals surface area contributed by atoms with E-state index in [-0.39, 0.29) is 0 Å². The molecule has 16 heavy (non-hydrogen) atoms. The number of amides is 1. The number of halogens is 1. The van der Waals surface area contributed by atoms with E-state index in [4.69, 9.17) is 0 Å². The summed E-state index contributed by atoms with van der Waals surface area (Å²) in [6.07, 6.45) is 5.41. The fourth-order valence-corrected chi connectivity index (χ4v) is 2.83. The SMILES string of the molecule is CCCC(CBr)CN1CCC(C)CCC1=O. The first-order valence-electron chi connectivity index (χ1n) is 6.51. The number of carbonyl (C=O) groups excluding carboxylic acids is 1. The Morgan fingerprint density at radius 2 is 2.25 bits per heavy atom. The minimum absolute atomic E-state index is 0.367. The molecule has 0 aromatic heterocycles. The largest absolute Gasteiger partial charge is 0.342 e. The molecule has 0 radical (unpaired) electrons. The Labute approximate surface area is 108 Å². The molecule has 2 atom stereocenters. The Hall–Kier alpha value is -0.0500. The second-order valence-corrected chi connectivity index (χ2v) is 5.73. The van der Waals surface area contributed by atoms with Crippen LogP contribution in [0.4, 0.5) is 0 Å². The molecule has 0 aromatic rings. The van der Waals surface area contributed by atoms with Crippen molar-refractivity contribution >= 4 is 21.8 Å². The number of likely N-dealkylation sites (tertiary alicyclic amines) is 1. The van der Waals surface area contributed by atoms with E-state index >= 15 is 0 Å². The molecule has 0 bridgehead atoms.